The van der Waals surface area contributed by atoms with Crippen LogP contribution in [0.15, 0.2) is 0 Å². The highest BCUT2D eigenvalue weighted by Gasteiger charge is 2.41. The van der Waals surface area contributed by atoms with Gasteiger partial charge in [-0.1, -0.05) is 12.8 Å². The fourth-order valence-corrected chi connectivity index (χ4v) is 3.47. The lowest BCUT2D eigenvalue weighted by molar-refractivity contribution is -0.103. The second-order valence-corrected chi connectivity index (χ2v) is 5.81. The summed E-state index contributed by atoms with van der Waals surface area (Å²) in [5.41, 5.74) is 0.158. The molecule has 1 unspecified atom stereocenters. The van der Waals surface area contributed by atoms with Gasteiger partial charge >= 0.3 is 0 Å². The van der Waals surface area contributed by atoms with Gasteiger partial charge in [0.1, 0.15) is 0 Å². The minimum Gasteiger partial charge on any atom is -0.375 e. The zero-order valence-corrected chi connectivity index (χ0v) is 11.1. The average molecular weight is 236 g/mol. The minimum atomic E-state index is 0.158. The number of nitriles is 1. The third kappa shape index (κ3) is 2.81. The summed E-state index contributed by atoms with van der Waals surface area (Å²) in [6, 6.07) is 3.31. The van der Waals surface area contributed by atoms with Crippen LogP contribution in [0.25, 0.3) is 0 Å². The normalized spacial score (nSPS) is 27.8. The SMILES string of the molecule is CC(C)N(CC#N)C1CCOC2(CCCC2)C1. The van der Waals surface area contributed by atoms with Crippen LogP contribution in [0.4, 0.5) is 0 Å². The number of hydrogen-bond acceptors (Lipinski definition) is 3. The van der Waals surface area contributed by atoms with E-state index in [0.717, 1.165) is 19.4 Å². The van der Waals surface area contributed by atoms with Gasteiger partial charge in [-0.25, -0.2) is 0 Å². The largest absolute Gasteiger partial charge is 0.375 e. The molecule has 0 aromatic heterocycles. The molecule has 0 aromatic rings. The first kappa shape index (κ1) is 12.9. The van der Waals surface area contributed by atoms with Crippen molar-refractivity contribution in [3.8, 4) is 6.07 Å². The van der Waals surface area contributed by atoms with Crippen molar-refractivity contribution in [3.63, 3.8) is 0 Å². The molecule has 1 saturated carbocycles. The Morgan fingerprint density at radius 1 is 1.41 bits per heavy atom. The molecule has 17 heavy (non-hydrogen) atoms. The van der Waals surface area contributed by atoms with Crippen LogP contribution in [0.3, 0.4) is 0 Å². The maximum atomic E-state index is 8.95. The second-order valence-electron chi connectivity index (χ2n) is 5.81. The van der Waals surface area contributed by atoms with Crippen molar-refractivity contribution < 1.29 is 4.74 Å². The van der Waals surface area contributed by atoms with Gasteiger partial charge in [0.25, 0.3) is 0 Å². The molecule has 1 aliphatic carbocycles. The van der Waals surface area contributed by atoms with Crippen molar-refractivity contribution in [2.24, 2.45) is 0 Å². The molecular weight excluding hydrogens is 212 g/mol. The van der Waals surface area contributed by atoms with E-state index in [2.05, 4.69) is 24.8 Å². The van der Waals surface area contributed by atoms with Crippen LogP contribution < -0.4 is 0 Å². The summed E-state index contributed by atoms with van der Waals surface area (Å²) in [6.07, 6.45) is 7.29. The van der Waals surface area contributed by atoms with E-state index < -0.39 is 0 Å². The van der Waals surface area contributed by atoms with Gasteiger partial charge in [-0.2, -0.15) is 5.26 Å². The lowest BCUT2D eigenvalue weighted by atomic mass is 9.87. The Morgan fingerprint density at radius 2 is 2.12 bits per heavy atom. The molecule has 3 nitrogen and oxygen atoms in total. The summed E-state index contributed by atoms with van der Waals surface area (Å²) < 4.78 is 6.06. The van der Waals surface area contributed by atoms with Gasteiger partial charge in [0.15, 0.2) is 0 Å². The zero-order valence-electron chi connectivity index (χ0n) is 11.1. The van der Waals surface area contributed by atoms with Crippen molar-refractivity contribution in [2.45, 2.75) is 70.1 Å². The molecular formula is C14H24N2O. The molecule has 1 aliphatic heterocycles. The molecule has 0 radical (unpaired) electrons. The van der Waals surface area contributed by atoms with Crippen LogP contribution in [0, 0.1) is 11.3 Å². The van der Waals surface area contributed by atoms with E-state index in [1.165, 1.54) is 25.7 Å². The Morgan fingerprint density at radius 3 is 2.71 bits per heavy atom. The first-order chi connectivity index (χ1) is 8.17. The van der Waals surface area contributed by atoms with Crippen LogP contribution in [0.1, 0.15) is 52.4 Å². The van der Waals surface area contributed by atoms with E-state index in [1.54, 1.807) is 0 Å². The Kier molecular flexibility index (Phi) is 4.06. The molecule has 0 bridgehead atoms. The van der Waals surface area contributed by atoms with Crippen molar-refractivity contribution in [2.75, 3.05) is 13.2 Å². The molecule has 2 fully saturated rings. The third-order valence-electron chi connectivity index (χ3n) is 4.37. The van der Waals surface area contributed by atoms with E-state index in [9.17, 15) is 0 Å². The van der Waals surface area contributed by atoms with Crippen LogP contribution in [-0.2, 0) is 4.74 Å². The molecule has 1 spiro atoms. The van der Waals surface area contributed by atoms with E-state index in [1.807, 2.05) is 0 Å². The van der Waals surface area contributed by atoms with Gasteiger partial charge in [0.2, 0.25) is 0 Å². The van der Waals surface area contributed by atoms with Gasteiger partial charge in [0, 0.05) is 18.7 Å². The van der Waals surface area contributed by atoms with Gasteiger partial charge in [-0.15, -0.1) is 0 Å². The van der Waals surface area contributed by atoms with E-state index in [0.29, 0.717) is 18.6 Å². The maximum Gasteiger partial charge on any atom is 0.0870 e. The summed E-state index contributed by atoms with van der Waals surface area (Å²) in [4.78, 5) is 2.35. The monoisotopic (exact) mass is 236 g/mol. The fourth-order valence-electron chi connectivity index (χ4n) is 3.47. The lowest BCUT2D eigenvalue weighted by Gasteiger charge is -2.43. The molecule has 0 N–H and O–H groups in total. The molecule has 2 rings (SSSR count). The van der Waals surface area contributed by atoms with E-state index >= 15 is 0 Å². The summed E-state index contributed by atoms with van der Waals surface area (Å²) in [5.74, 6) is 0. The van der Waals surface area contributed by atoms with Crippen LogP contribution >= 0.6 is 0 Å². The molecule has 1 saturated heterocycles. The predicted octanol–water partition coefficient (Wildman–Crippen LogP) is 2.71. The molecule has 2 aliphatic rings. The first-order valence-electron chi connectivity index (χ1n) is 6.93. The Labute approximate surface area is 105 Å². The average Bonchev–Trinajstić information content (AvgIpc) is 2.73. The van der Waals surface area contributed by atoms with Crippen LogP contribution in [-0.4, -0.2) is 35.7 Å². The number of nitrogens with zero attached hydrogens (tertiary/aromatic N) is 2. The highest BCUT2D eigenvalue weighted by Crippen LogP contribution is 2.41. The van der Waals surface area contributed by atoms with E-state index in [-0.39, 0.29) is 5.60 Å². The third-order valence-corrected chi connectivity index (χ3v) is 4.37. The van der Waals surface area contributed by atoms with Gasteiger partial charge in [-0.3, -0.25) is 4.90 Å². The number of ether oxygens (including phenoxy) is 1. The molecule has 1 heterocycles. The zero-order chi connectivity index (χ0) is 12.3. The van der Waals surface area contributed by atoms with E-state index in [4.69, 9.17) is 10.00 Å². The maximum absolute atomic E-state index is 8.95. The summed E-state index contributed by atoms with van der Waals surface area (Å²) in [5, 5.41) is 8.95. The van der Waals surface area contributed by atoms with Crippen LogP contribution in [0.2, 0.25) is 0 Å². The molecule has 3 heteroatoms. The summed E-state index contributed by atoms with van der Waals surface area (Å²) >= 11 is 0. The predicted molar refractivity (Wildman–Crippen MR) is 67.6 cm³/mol. The van der Waals surface area contributed by atoms with Gasteiger partial charge < -0.3 is 4.74 Å². The van der Waals surface area contributed by atoms with Gasteiger partial charge in [-0.05, 0) is 39.5 Å². The molecule has 0 amide bonds. The minimum absolute atomic E-state index is 0.158. The summed E-state index contributed by atoms with van der Waals surface area (Å²) in [6.45, 7) is 5.81. The van der Waals surface area contributed by atoms with Gasteiger partial charge in [0.05, 0.1) is 18.2 Å². The first-order valence-corrected chi connectivity index (χ1v) is 6.93. The van der Waals surface area contributed by atoms with Crippen molar-refractivity contribution in [1.29, 1.82) is 5.26 Å². The standard InChI is InChI=1S/C14H24N2O/c1-12(2)16(9-8-15)13-5-10-17-14(11-13)6-3-4-7-14/h12-13H,3-7,9-11H2,1-2H3. The Balaban J connectivity index is 2.02. The second kappa shape index (κ2) is 5.37. The highest BCUT2D eigenvalue weighted by atomic mass is 16.5. The molecule has 96 valence electrons. The number of rotatable bonds is 3. The quantitative estimate of drug-likeness (QED) is 0.707. The lowest BCUT2D eigenvalue weighted by Crippen LogP contribution is -2.49. The van der Waals surface area contributed by atoms with Crippen molar-refractivity contribution in [3.05, 3.63) is 0 Å². The Hall–Kier alpha value is -0.590. The molecule has 0 aromatic carbocycles. The number of hydrogen-bond donors (Lipinski definition) is 0. The van der Waals surface area contributed by atoms with Crippen molar-refractivity contribution >= 4 is 0 Å². The fraction of sp³-hybridized carbons (Fsp3) is 0.929. The Bertz CT molecular complexity index is 289. The van der Waals surface area contributed by atoms with Crippen LogP contribution in [0.5, 0.6) is 0 Å². The smallest absolute Gasteiger partial charge is 0.0870 e. The topological polar surface area (TPSA) is 36.3 Å². The summed E-state index contributed by atoms with van der Waals surface area (Å²) in [7, 11) is 0. The highest BCUT2D eigenvalue weighted by molar-refractivity contribution is 4.96. The van der Waals surface area contributed by atoms with Crippen molar-refractivity contribution in [1.82, 2.24) is 4.90 Å². The molecule has 1 atom stereocenters.